The summed E-state index contributed by atoms with van der Waals surface area (Å²) in [7, 11) is 0. The predicted octanol–water partition coefficient (Wildman–Crippen LogP) is 3.72. The van der Waals surface area contributed by atoms with E-state index in [9.17, 15) is 14.9 Å². The zero-order valence-corrected chi connectivity index (χ0v) is 12.6. The number of nitro benzene ring substituents is 1. The van der Waals surface area contributed by atoms with Gasteiger partial charge in [-0.3, -0.25) is 14.9 Å². The molecule has 0 unspecified atom stereocenters. The van der Waals surface area contributed by atoms with E-state index >= 15 is 0 Å². The van der Waals surface area contributed by atoms with Crippen molar-refractivity contribution in [2.75, 3.05) is 11.9 Å². The second-order valence-electron chi connectivity index (χ2n) is 4.86. The van der Waals surface area contributed by atoms with Gasteiger partial charge in [0, 0.05) is 11.6 Å². The number of hydrogen-bond acceptors (Lipinski definition) is 4. The monoisotopic (exact) mass is 312 g/mol. The van der Waals surface area contributed by atoms with Crippen molar-refractivity contribution in [1.29, 1.82) is 0 Å². The number of nitro groups is 1. The molecule has 118 valence electrons. The van der Waals surface area contributed by atoms with E-state index in [4.69, 9.17) is 4.74 Å². The van der Waals surface area contributed by atoms with Crippen molar-refractivity contribution in [1.82, 2.24) is 0 Å². The average molecular weight is 312 g/mol. The van der Waals surface area contributed by atoms with Crippen molar-refractivity contribution in [2.24, 2.45) is 0 Å². The van der Waals surface area contributed by atoms with Gasteiger partial charge in [0.2, 0.25) is 0 Å². The molecular formula is C17H16N2O4. The molecule has 0 bridgehead atoms. The van der Waals surface area contributed by atoms with Crippen molar-refractivity contribution in [3.63, 3.8) is 0 Å². The minimum atomic E-state index is -0.522. The third kappa shape index (κ3) is 4.16. The Morgan fingerprint density at radius 2 is 2.13 bits per heavy atom. The van der Waals surface area contributed by atoms with Crippen molar-refractivity contribution in [2.45, 2.75) is 6.92 Å². The van der Waals surface area contributed by atoms with Crippen LogP contribution in [-0.2, 0) is 0 Å². The standard InChI is InChI=1S/C17H16N2O4/c1-3-9-23-14-6-4-5-13(11-14)17(20)18-15-8-7-12(2)10-16(15)19(21)22/h3-8,10-11H,1,9H2,2H3,(H,18,20). The van der Waals surface area contributed by atoms with Gasteiger partial charge in [-0.1, -0.05) is 24.8 Å². The van der Waals surface area contributed by atoms with Gasteiger partial charge < -0.3 is 10.1 Å². The summed E-state index contributed by atoms with van der Waals surface area (Å²) in [5.74, 6) is 0.0805. The molecule has 0 heterocycles. The molecule has 23 heavy (non-hydrogen) atoms. The largest absolute Gasteiger partial charge is 0.490 e. The predicted molar refractivity (Wildman–Crippen MR) is 87.9 cm³/mol. The number of carbonyl (C=O) groups is 1. The Morgan fingerprint density at radius 1 is 1.35 bits per heavy atom. The topological polar surface area (TPSA) is 81.5 Å². The van der Waals surface area contributed by atoms with Crippen molar-refractivity contribution >= 4 is 17.3 Å². The van der Waals surface area contributed by atoms with Crippen molar-refractivity contribution < 1.29 is 14.5 Å². The summed E-state index contributed by atoms with van der Waals surface area (Å²) >= 11 is 0. The van der Waals surface area contributed by atoms with Crippen LogP contribution in [0.5, 0.6) is 5.75 Å². The molecule has 0 atom stereocenters. The molecule has 2 rings (SSSR count). The lowest BCUT2D eigenvalue weighted by Crippen LogP contribution is -2.13. The molecule has 2 aromatic carbocycles. The van der Waals surface area contributed by atoms with Crippen LogP contribution in [0.2, 0.25) is 0 Å². The lowest BCUT2D eigenvalue weighted by molar-refractivity contribution is -0.384. The Balaban J connectivity index is 2.22. The van der Waals surface area contributed by atoms with Crippen LogP contribution >= 0.6 is 0 Å². The highest BCUT2D eigenvalue weighted by Gasteiger charge is 2.17. The molecule has 6 heteroatoms. The quantitative estimate of drug-likeness (QED) is 0.500. The first-order chi connectivity index (χ1) is 11.0. The van der Waals surface area contributed by atoms with Crippen LogP contribution in [0.4, 0.5) is 11.4 Å². The van der Waals surface area contributed by atoms with Gasteiger partial charge in [-0.05, 0) is 36.8 Å². The Hall–Kier alpha value is -3.15. The first kappa shape index (κ1) is 16.2. The minimum absolute atomic E-state index is 0.141. The molecular weight excluding hydrogens is 296 g/mol. The van der Waals surface area contributed by atoms with Gasteiger partial charge >= 0.3 is 0 Å². The molecule has 0 saturated heterocycles. The van der Waals surface area contributed by atoms with Crippen LogP contribution in [0, 0.1) is 17.0 Å². The molecule has 0 aliphatic carbocycles. The molecule has 0 aromatic heterocycles. The number of ether oxygens (including phenoxy) is 1. The van der Waals surface area contributed by atoms with Crippen LogP contribution in [0.25, 0.3) is 0 Å². The zero-order valence-electron chi connectivity index (χ0n) is 12.6. The van der Waals surface area contributed by atoms with E-state index in [-0.39, 0.29) is 11.4 Å². The lowest BCUT2D eigenvalue weighted by atomic mass is 10.1. The highest BCUT2D eigenvalue weighted by molar-refractivity contribution is 6.05. The SMILES string of the molecule is C=CCOc1cccc(C(=O)Nc2ccc(C)cc2[N+](=O)[O-])c1. The zero-order chi connectivity index (χ0) is 16.8. The summed E-state index contributed by atoms with van der Waals surface area (Å²) in [4.78, 5) is 22.9. The van der Waals surface area contributed by atoms with Gasteiger partial charge in [-0.25, -0.2) is 0 Å². The van der Waals surface area contributed by atoms with Crippen LogP contribution < -0.4 is 10.1 Å². The van der Waals surface area contributed by atoms with Crippen LogP contribution in [0.3, 0.4) is 0 Å². The molecule has 0 spiro atoms. The summed E-state index contributed by atoms with van der Waals surface area (Å²) in [6.07, 6.45) is 1.60. The number of carbonyl (C=O) groups excluding carboxylic acids is 1. The fraction of sp³-hybridized carbons (Fsp3) is 0.118. The van der Waals surface area contributed by atoms with E-state index in [1.165, 1.54) is 12.1 Å². The van der Waals surface area contributed by atoms with E-state index in [2.05, 4.69) is 11.9 Å². The number of nitrogens with one attached hydrogen (secondary N) is 1. The third-order valence-electron chi connectivity index (χ3n) is 3.06. The van der Waals surface area contributed by atoms with Crippen LogP contribution in [0.15, 0.2) is 55.1 Å². The Labute approximate surface area is 133 Å². The second-order valence-corrected chi connectivity index (χ2v) is 4.86. The van der Waals surface area contributed by atoms with Crippen LogP contribution in [0.1, 0.15) is 15.9 Å². The maximum absolute atomic E-state index is 12.3. The highest BCUT2D eigenvalue weighted by atomic mass is 16.6. The smallest absolute Gasteiger partial charge is 0.293 e. The number of amides is 1. The molecule has 2 aromatic rings. The summed E-state index contributed by atoms with van der Waals surface area (Å²) in [5, 5.41) is 13.7. The number of anilines is 1. The fourth-order valence-corrected chi connectivity index (χ4v) is 1.98. The Kier molecular flexibility index (Phi) is 5.09. The van der Waals surface area contributed by atoms with Gasteiger partial charge in [0.25, 0.3) is 11.6 Å². The van der Waals surface area contributed by atoms with Crippen molar-refractivity contribution in [3.8, 4) is 5.75 Å². The van der Waals surface area contributed by atoms with E-state index in [0.29, 0.717) is 17.9 Å². The van der Waals surface area contributed by atoms with E-state index < -0.39 is 10.8 Å². The number of rotatable bonds is 6. The molecule has 0 aliphatic rings. The lowest BCUT2D eigenvalue weighted by Gasteiger charge is -2.08. The average Bonchev–Trinajstić information content (AvgIpc) is 2.54. The minimum Gasteiger partial charge on any atom is -0.490 e. The first-order valence-electron chi connectivity index (χ1n) is 6.91. The highest BCUT2D eigenvalue weighted by Crippen LogP contribution is 2.26. The summed E-state index contributed by atoms with van der Waals surface area (Å²) in [6, 6.07) is 11.2. The third-order valence-corrected chi connectivity index (χ3v) is 3.06. The Bertz CT molecular complexity index is 756. The molecule has 1 N–H and O–H groups in total. The Morgan fingerprint density at radius 3 is 2.83 bits per heavy atom. The number of nitrogens with zero attached hydrogens (tertiary/aromatic N) is 1. The maximum Gasteiger partial charge on any atom is 0.293 e. The second kappa shape index (κ2) is 7.22. The maximum atomic E-state index is 12.3. The van der Waals surface area contributed by atoms with Gasteiger partial charge in [-0.15, -0.1) is 0 Å². The van der Waals surface area contributed by atoms with Gasteiger partial charge in [0.05, 0.1) is 4.92 Å². The summed E-state index contributed by atoms with van der Waals surface area (Å²) in [5.41, 5.74) is 1.11. The summed E-state index contributed by atoms with van der Waals surface area (Å²) < 4.78 is 5.37. The van der Waals surface area contributed by atoms with E-state index in [1.54, 1.807) is 43.3 Å². The molecule has 0 fully saturated rings. The van der Waals surface area contributed by atoms with Gasteiger partial charge in [0.15, 0.2) is 0 Å². The molecule has 0 radical (unpaired) electrons. The normalized spacial score (nSPS) is 9.96. The summed E-state index contributed by atoms with van der Waals surface area (Å²) in [6.45, 7) is 5.63. The number of hydrogen-bond donors (Lipinski definition) is 1. The molecule has 0 aliphatic heterocycles. The van der Waals surface area contributed by atoms with Crippen molar-refractivity contribution in [3.05, 3.63) is 76.4 Å². The van der Waals surface area contributed by atoms with Gasteiger partial charge in [0.1, 0.15) is 18.0 Å². The number of benzene rings is 2. The fourth-order valence-electron chi connectivity index (χ4n) is 1.98. The molecule has 6 nitrogen and oxygen atoms in total. The van der Waals surface area contributed by atoms with Gasteiger partial charge in [-0.2, -0.15) is 0 Å². The molecule has 0 saturated carbocycles. The van der Waals surface area contributed by atoms with E-state index in [0.717, 1.165) is 5.56 Å². The van der Waals surface area contributed by atoms with Crippen LogP contribution in [-0.4, -0.2) is 17.4 Å². The van der Waals surface area contributed by atoms with E-state index in [1.807, 2.05) is 0 Å². The first-order valence-corrected chi connectivity index (χ1v) is 6.91. The molecule has 1 amide bonds. The number of aryl methyl sites for hydroxylation is 1.